The van der Waals surface area contributed by atoms with Crippen molar-refractivity contribution in [3.63, 3.8) is 0 Å². The van der Waals surface area contributed by atoms with Crippen molar-refractivity contribution in [2.75, 3.05) is 6.61 Å². The number of carbonyl (C=O) groups is 1. The highest BCUT2D eigenvalue weighted by Crippen LogP contribution is 2.06. The SMILES string of the molecule is Cc1cc(C(=O)NC(C)(C)CO)on1. The van der Waals surface area contributed by atoms with Gasteiger partial charge in [0.2, 0.25) is 5.76 Å². The number of rotatable bonds is 3. The zero-order chi connectivity index (χ0) is 10.8. The number of aliphatic hydroxyl groups is 1. The maximum Gasteiger partial charge on any atom is 0.290 e. The molecule has 0 aromatic carbocycles. The van der Waals surface area contributed by atoms with E-state index in [9.17, 15) is 4.79 Å². The van der Waals surface area contributed by atoms with Crippen molar-refractivity contribution in [1.29, 1.82) is 0 Å². The highest BCUT2D eigenvalue weighted by atomic mass is 16.5. The van der Waals surface area contributed by atoms with E-state index in [1.54, 1.807) is 26.8 Å². The van der Waals surface area contributed by atoms with E-state index in [1.807, 2.05) is 0 Å². The average molecular weight is 198 g/mol. The summed E-state index contributed by atoms with van der Waals surface area (Å²) in [4.78, 5) is 11.5. The Labute approximate surface area is 82.1 Å². The summed E-state index contributed by atoms with van der Waals surface area (Å²) in [7, 11) is 0. The standard InChI is InChI=1S/C9H14N2O3/c1-6-4-7(14-11-6)8(13)10-9(2,3)5-12/h4,12H,5H2,1-3H3,(H,10,13). The van der Waals surface area contributed by atoms with Crippen molar-refractivity contribution < 1.29 is 14.4 Å². The summed E-state index contributed by atoms with van der Waals surface area (Å²) < 4.78 is 4.77. The number of amides is 1. The van der Waals surface area contributed by atoms with E-state index in [0.29, 0.717) is 5.69 Å². The van der Waals surface area contributed by atoms with Crippen molar-refractivity contribution in [3.05, 3.63) is 17.5 Å². The molecule has 2 N–H and O–H groups in total. The summed E-state index contributed by atoms with van der Waals surface area (Å²) in [5.74, 6) is -0.214. The van der Waals surface area contributed by atoms with Gasteiger partial charge in [0.25, 0.3) is 5.91 Å². The van der Waals surface area contributed by atoms with Crippen LogP contribution in [0.2, 0.25) is 0 Å². The summed E-state index contributed by atoms with van der Waals surface area (Å²) in [6.07, 6.45) is 0. The molecule has 5 nitrogen and oxygen atoms in total. The van der Waals surface area contributed by atoms with Crippen molar-refractivity contribution in [3.8, 4) is 0 Å². The van der Waals surface area contributed by atoms with E-state index in [2.05, 4.69) is 10.5 Å². The molecule has 1 rings (SSSR count). The van der Waals surface area contributed by atoms with E-state index >= 15 is 0 Å². The quantitative estimate of drug-likeness (QED) is 0.740. The van der Waals surface area contributed by atoms with Gasteiger partial charge >= 0.3 is 0 Å². The van der Waals surface area contributed by atoms with Crippen LogP contribution in [0.1, 0.15) is 30.1 Å². The van der Waals surface area contributed by atoms with Crippen LogP contribution in [0, 0.1) is 6.92 Å². The molecule has 5 heteroatoms. The molecule has 1 aromatic heterocycles. The molecule has 0 spiro atoms. The molecule has 14 heavy (non-hydrogen) atoms. The van der Waals surface area contributed by atoms with Gasteiger partial charge in [0.05, 0.1) is 17.8 Å². The van der Waals surface area contributed by atoms with E-state index in [-0.39, 0.29) is 18.3 Å². The third-order valence-electron chi connectivity index (χ3n) is 1.70. The summed E-state index contributed by atoms with van der Waals surface area (Å²) in [5.41, 5.74) is -0.00502. The summed E-state index contributed by atoms with van der Waals surface area (Å²) >= 11 is 0. The van der Waals surface area contributed by atoms with Crippen LogP contribution in [-0.4, -0.2) is 28.3 Å². The second-order valence-corrected chi connectivity index (χ2v) is 3.83. The molecule has 0 bridgehead atoms. The Kier molecular flexibility index (Phi) is 2.90. The third-order valence-corrected chi connectivity index (χ3v) is 1.70. The predicted molar refractivity (Wildman–Crippen MR) is 49.9 cm³/mol. The van der Waals surface area contributed by atoms with Crippen LogP contribution in [0.15, 0.2) is 10.6 Å². The lowest BCUT2D eigenvalue weighted by Gasteiger charge is -2.22. The molecule has 1 heterocycles. The van der Waals surface area contributed by atoms with Gasteiger partial charge in [-0.1, -0.05) is 5.16 Å². The van der Waals surface area contributed by atoms with E-state index in [0.717, 1.165) is 0 Å². The molecule has 0 radical (unpaired) electrons. The van der Waals surface area contributed by atoms with Gasteiger partial charge in [-0.15, -0.1) is 0 Å². The molecule has 0 atom stereocenters. The Morgan fingerprint density at radius 2 is 2.36 bits per heavy atom. The number of aromatic nitrogens is 1. The molecule has 0 saturated heterocycles. The number of aliphatic hydroxyl groups excluding tert-OH is 1. The first-order chi connectivity index (χ1) is 6.44. The average Bonchev–Trinajstić information content (AvgIpc) is 2.51. The van der Waals surface area contributed by atoms with Crippen molar-refractivity contribution >= 4 is 5.91 Å². The Hall–Kier alpha value is -1.36. The molecule has 0 fully saturated rings. The second kappa shape index (κ2) is 3.79. The summed E-state index contributed by atoms with van der Waals surface area (Å²) in [6, 6.07) is 1.54. The lowest BCUT2D eigenvalue weighted by Crippen LogP contribution is -2.46. The van der Waals surface area contributed by atoms with E-state index < -0.39 is 5.54 Å². The summed E-state index contributed by atoms with van der Waals surface area (Å²) in [6.45, 7) is 5.03. The minimum atomic E-state index is -0.655. The molecule has 0 aliphatic rings. The highest BCUT2D eigenvalue weighted by Gasteiger charge is 2.22. The fraction of sp³-hybridized carbons (Fsp3) is 0.556. The first kappa shape index (κ1) is 10.7. The molecule has 0 aliphatic heterocycles. The number of hydrogen-bond acceptors (Lipinski definition) is 4. The Morgan fingerprint density at radius 1 is 1.71 bits per heavy atom. The zero-order valence-electron chi connectivity index (χ0n) is 8.50. The van der Waals surface area contributed by atoms with E-state index in [1.165, 1.54) is 0 Å². The number of carbonyl (C=O) groups excluding carboxylic acids is 1. The first-order valence-electron chi connectivity index (χ1n) is 4.31. The van der Waals surface area contributed by atoms with Gasteiger partial charge in [-0.2, -0.15) is 0 Å². The number of nitrogens with one attached hydrogen (secondary N) is 1. The Morgan fingerprint density at radius 3 is 2.79 bits per heavy atom. The zero-order valence-corrected chi connectivity index (χ0v) is 8.50. The van der Waals surface area contributed by atoms with Crippen LogP contribution in [-0.2, 0) is 0 Å². The van der Waals surface area contributed by atoms with Gasteiger partial charge in [0.1, 0.15) is 0 Å². The van der Waals surface area contributed by atoms with Gasteiger partial charge < -0.3 is 14.9 Å². The van der Waals surface area contributed by atoms with Gasteiger partial charge in [-0.25, -0.2) is 0 Å². The first-order valence-corrected chi connectivity index (χ1v) is 4.31. The maximum absolute atomic E-state index is 11.5. The number of nitrogens with zero attached hydrogens (tertiary/aromatic N) is 1. The monoisotopic (exact) mass is 198 g/mol. The molecule has 0 saturated carbocycles. The smallest absolute Gasteiger partial charge is 0.290 e. The van der Waals surface area contributed by atoms with Crippen molar-refractivity contribution in [2.24, 2.45) is 0 Å². The molecular weight excluding hydrogens is 184 g/mol. The van der Waals surface area contributed by atoms with Crippen LogP contribution in [0.25, 0.3) is 0 Å². The summed E-state index contributed by atoms with van der Waals surface area (Å²) in [5, 5.41) is 15.1. The molecule has 0 aliphatic carbocycles. The van der Waals surface area contributed by atoms with Crippen LogP contribution in [0.3, 0.4) is 0 Å². The largest absolute Gasteiger partial charge is 0.394 e. The van der Waals surface area contributed by atoms with Gasteiger partial charge in [0.15, 0.2) is 0 Å². The van der Waals surface area contributed by atoms with Gasteiger partial charge in [-0.3, -0.25) is 4.79 Å². The molecular formula is C9H14N2O3. The molecule has 0 unspecified atom stereocenters. The van der Waals surface area contributed by atoms with Crippen LogP contribution < -0.4 is 5.32 Å². The van der Waals surface area contributed by atoms with Crippen LogP contribution in [0.4, 0.5) is 0 Å². The van der Waals surface area contributed by atoms with Crippen LogP contribution in [0.5, 0.6) is 0 Å². The lowest BCUT2D eigenvalue weighted by atomic mass is 10.1. The number of aryl methyl sites for hydroxylation is 1. The second-order valence-electron chi connectivity index (χ2n) is 3.83. The van der Waals surface area contributed by atoms with Crippen molar-refractivity contribution in [1.82, 2.24) is 10.5 Å². The maximum atomic E-state index is 11.5. The van der Waals surface area contributed by atoms with E-state index in [4.69, 9.17) is 9.63 Å². The topological polar surface area (TPSA) is 75.4 Å². The Bertz CT molecular complexity index is 331. The fourth-order valence-corrected chi connectivity index (χ4v) is 0.879. The minimum absolute atomic E-state index is 0.133. The van der Waals surface area contributed by atoms with Crippen LogP contribution >= 0.6 is 0 Å². The van der Waals surface area contributed by atoms with Gasteiger partial charge in [-0.05, 0) is 20.8 Å². The van der Waals surface area contributed by atoms with Gasteiger partial charge in [0, 0.05) is 6.07 Å². The Balaban J connectivity index is 2.68. The predicted octanol–water partition coefficient (Wildman–Crippen LogP) is 0.484. The molecule has 78 valence electrons. The molecule has 1 amide bonds. The third kappa shape index (κ3) is 2.56. The highest BCUT2D eigenvalue weighted by molar-refractivity contribution is 5.91. The number of hydrogen-bond donors (Lipinski definition) is 2. The molecule has 1 aromatic rings. The lowest BCUT2D eigenvalue weighted by molar-refractivity contribution is 0.0832. The normalized spacial score (nSPS) is 11.4. The van der Waals surface area contributed by atoms with Crippen molar-refractivity contribution in [2.45, 2.75) is 26.3 Å². The fourth-order valence-electron chi connectivity index (χ4n) is 0.879. The minimum Gasteiger partial charge on any atom is -0.394 e.